The summed E-state index contributed by atoms with van der Waals surface area (Å²) >= 11 is 1.62. The zero-order chi connectivity index (χ0) is 17.4. The SMILES string of the molecule is O=C(O)Cc1ccc(CSCCNS(=O)(=O)c2ccccc2)cc1. The molecule has 0 fully saturated rings. The number of carboxylic acids is 1. The number of rotatable bonds is 9. The molecule has 2 N–H and O–H groups in total. The summed E-state index contributed by atoms with van der Waals surface area (Å²) in [6, 6.07) is 15.7. The Kier molecular flexibility index (Phi) is 6.84. The second kappa shape index (κ2) is 8.86. The molecule has 0 amide bonds. The van der Waals surface area contributed by atoms with Gasteiger partial charge in [-0.25, -0.2) is 13.1 Å². The van der Waals surface area contributed by atoms with E-state index >= 15 is 0 Å². The highest BCUT2D eigenvalue weighted by Crippen LogP contribution is 2.14. The summed E-state index contributed by atoms with van der Waals surface area (Å²) in [6.07, 6.45) is 0.0225. The van der Waals surface area contributed by atoms with Gasteiger partial charge in [0, 0.05) is 18.1 Å². The third kappa shape index (κ3) is 5.99. The summed E-state index contributed by atoms with van der Waals surface area (Å²) in [7, 11) is -3.44. The fraction of sp³-hybridized carbons (Fsp3) is 0.235. The van der Waals surface area contributed by atoms with Crippen molar-refractivity contribution in [1.29, 1.82) is 0 Å². The molecule has 0 heterocycles. The van der Waals surface area contributed by atoms with Gasteiger partial charge in [0.05, 0.1) is 11.3 Å². The topological polar surface area (TPSA) is 83.5 Å². The molecule has 0 aliphatic heterocycles. The maximum Gasteiger partial charge on any atom is 0.307 e. The van der Waals surface area contributed by atoms with Gasteiger partial charge >= 0.3 is 5.97 Å². The van der Waals surface area contributed by atoms with Gasteiger partial charge < -0.3 is 5.11 Å². The van der Waals surface area contributed by atoms with Crippen LogP contribution in [-0.4, -0.2) is 31.8 Å². The van der Waals surface area contributed by atoms with Gasteiger partial charge in [-0.05, 0) is 23.3 Å². The molecule has 5 nitrogen and oxygen atoms in total. The van der Waals surface area contributed by atoms with E-state index in [0.717, 1.165) is 16.9 Å². The Bertz CT molecular complexity index is 759. The predicted octanol–water partition coefficient (Wildman–Crippen LogP) is 2.53. The van der Waals surface area contributed by atoms with E-state index in [1.54, 1.807) is 42.1 Å². The molecule has 24 heavy (non-hydrogen) atoms. The van der Waals surface area contributed by atoms with Crippen molar-refractivity contribution in [3.63, 3.8) is 0 Å². The van der Waals surface area contributed by atoms with Crippen molar-refractivity contribution in [2.45, 2.75) is 17.1 Å². The predicted molar refractivity (Wildman–Crippen MR) is 95.6 cm³/mol. The van der Waals surface area contributed by atoms with Crippen LogP contribution in [0.4, 0.5) is 0 Å². The molecule has 7 heteroatoms. The van der Waals surface area contributed by atoms with Gasteiger partial charge in [-0.15, -0.1) is 0 Å². The van der Waals surface area contributed by atoms with Crippen LogP contribution in [0.1, 0.15) is 11.1 Å². The third-order valence-electron chi connectivity index (χ3n) is 3.24. The number of carbonyl (C=O) groups is 1. The Labute approximate surface area is 146 Å². The molecule has 0 radical (unpaired) electrons. The molecule has 0 saturated heterocycles. The van der Waals surface area contributed by atoms with Gasteiger partial charge in [0.25, 0.3) is 0 Å². The molecule has 2 aromatic carbocycles. The molecule has 0 atom stereocenters. The molecule has 0 aliphatic rings. The van der Waals surface area contributed by atoms with Gasteiger partial charge in [0.2, 0.25) is 10.0 Å². The van der Waals surface area contributed by atoms with E-state index in [4.69, 9.17) is 5.11 Å². The first-order valence-corrected chi connectivity index (χ1v) is 10.0. The first-order chi connectivity index (χ1) is 11.5. The van der Waals surface area contributed by atoms with Crippen molar-refractivity contribution in [2.75, 3.05) is 12.3 Å². The Morgan fingerprint density at radius 1 is 1.00 bits per heavy atom. The highest BCUT2D eigenvalue weighted by Gasteiger charge is 2.11. The van der Waals surface area contributed by atoms with Gasteiger partial charge in [-0.2, -0.15) is 11.8 Å². The number of thioether (sulfide) groups is 1. The van der Waals surface area contributed by atoms with Crippen molar-refractivity contribution in [3.05, 3.63) is 65.7 Å². The molecule has 0 unspecified atom stereocenters. The maximum absolute atomic E-state index is 12.0. The minimum atomic E-state index is -3.44. The number of hydrogen-bond acceptors (Lipinski definition) is 4. The van der Waals surface area contributed by atoms with Crippen LogP contribution in [-0.2, 0) is 27.0 Å². The zero-order valence-corrected chi connectivity index (χ0v) is 14.6. The lowest BCUT2D eigenvalue weighted by Crippen LogP contribution is -2.26. The van der Waals surface area contributed by atoms with Crippen molar-refractivity contribution < 1.29 is 18.3 Å². The van der Waals surface area contributed by atoms with Crippen molar-refractivity contribution in [1.82, 2.24) is 4.72 Å². The molecular formula is C17H19NO4S2. The van der Waals surface area contributed by atoms with Crippen LogP contribution in [0.15, 0.2) is 59.5 Å². The Morgan fingerprint density at radius 3 is 2.25 bits per heavy atom. The van der Waals surface area contributed by atoms with Crippen LogP contribution in [0.2, 0.25) is 0 Å². The van der Waals surface area contributed by atoms with Crippen LogP contribution >= 0.6 is 11.8 Å². The van der Waals surface area contributed by atoms with E-state index in [2.05, 4.69) is 4.72 Å². The maximum atomic E-state index is 12.0. The lowest BCUT2D eigenvalue weighted by Gasteiger charge is -2.07. The monoisotopic (exact) mass is 365 g/mol. The summed E-state index contributed by atoms with van der Waals surface area (Å²) in [5.74, 6) is 0.562. The molecule has 0 aliphatic carbocycles. The van der Waals surface area contributed by atoms with Gasteiger partial charge in [0.1, 0.15) is 0 Å². The first kappa shape index (κ1) is 18.5. The summed E-state index contributed by atoms with van der Waals surface area (Å²) in [5.41, 5.74) is 1.85. The largest absolute Gasteiger partial charge is 0.481 e. The number of sulfonamides is 1. The second-order valence-electron chi connectivity index (χ2n) is 5.15. The van der Waals surface area contributed by atoms with Crippen molar-refractivity contribution >= 4 is 27.8 Å². The van der Waals surface area contributed by atoms with E-state index < -0.39 is 16.0 Å². The highest BCUT2D eigenvalue weighted by atomic mass is 32.2. The molecule has 2 aromatic rings. The van der Waals surface area contributed by atoms with Gasteiger partial charge in [0.15, 0.2) is 0 Å². The average Bonchev–Trinajstić information content (AvgIpc) is 2.56. The normalized spacial score (nSPS) is 11.3. The number of nitrogens with one attached hydrogen (secondary N) is 1. The lowest BCUT2D eigenvalue weighted by molar-refractivity contribution is -0.136. The van der Waals surface area contributed by atoms with Crippen LogP contribution in [0.25, 0.3) is 0 Å². The minimum absolute atomic E-state index is 0.0225. The Hall–Kier alpha value is -1.83. The minimum Gasteiger partial charge on any atom is -0.481 e. The van der Waals surface area contributed by atoms with E-state index in [1.807, 2.05) is 24.3 Å². The quantitative estimate of drug-likeness (QED) is 0.667. The molecule has 0 saturated carbocycles. The molecular weight excluding hydrogens is 346 g/mol. The van der Waals surface area contributed by atoms with Crippen LogP contribution in [0.3, 0.4) is 0 Å². The number of carboxylic acid groups (broad SMARTS) is 1. The summed E-state index contributed by atoms with van der Waals surface area (Å²) < 4.78 is 26.6. The molecule has 0 spiro atoms. The fourth-order valence-corrected chi connectivity index (χ4v) is 4.05. The Morgan fingerprint density at radius 2 is 1.62 bits per heavy atom. The number of benzene rings is 2. The van der Waals surface area contributed by atoms with Gasteiger partial charge in [-0.1, -0.05) is 42.5 Å². The second-order valence-corrected chi connectivity index (χ2v) is 8.02. The van der Waals surface area contributed by atoms with E-state index in [9.17, 15) is 13.2 Å². The molecule has 2 rings (SSSR count). The van der Waals surface area contributed by atoms with E-state index in [-0.39, 0.29) is 11.3 Å². The Balaban J connectivity index is 1.72. The fourth-order valence-electron chi connectivity index (χ4n) is 2.05. The molecule has 0 bridgehead atoms. The molecule has 128 valence electrons. The van der Waals surface area contributed by atoms with Crippen LogP contribution in [0.5, 0.6) is 0 Å². The highest BCUT2D eigenvalue weighted by molar-refractivity contribution is 7.98. The van der Waals surface area contributed by atoms with Crippen molar-refractivity contribution in [2.24, 2.45) is 0 Å². The standard InChI is InChI=1S/C17H19NO4S2/c19-17(20)12-14-6-8-15(9-7-14)13-23-11-10-18-24(21,22)16-4-2-1-3-5-16/h1-9,18H,10-13H2,(H,19,20). The van der Waals surface area contributed by atoms with Gasteiger partial charge in [-0.3, -0.25) is 4.79 Å². The average molecular weight is 365 g/mol. The summed E-state index contributed by atoms with van der Waals surface area (Å²) in [5, 5.41) is 8.72. The first-order valence-electron chi connectivity index (χ1n) is 7.39. The smallest absolute Gasteiger partial charge is 0.307 e. The molecule has 0 aromatic heterocycles. The van der Waals surface area contributed by atoms with Crippen LogP contribution in [0, 0.1) is 0 Å². The van der Waals surface area contributed by atoms with E-state index in [0.29, 0.717) is 12.3 Å². The number of hydrogen-bond donors (Lipinski definition) is 2. The summed E-state index contributed by atoms with van der Waals surface area (Å²) in [4.78, 5) is 10.9. The van der Waals surface area contributed by atoms with Crippen molar-refractivity contribution in [3.8, 4) is 0 Å². The van der Waals surface area contributed by atoms with Crippen LogP contribution < -0.4 is 4.72 Å². The van der Waals surface area contributed by atoms with E-state index in [1.165, 1.54) is 0 Å². The lowest BCUT2D eigenvalue weighted by atomic mass is 10.1. The third-order valence-corrected chi connectivity index (χ3v) is 5.75. The zero-order valence-electron chi connectivity index (χ0n) is 13.0. The number of aliphatic carboxylic acids is 1. The summed E-state index contributed by atoms with van der Waals surface area (Å²) in [6.45, 7) is 0.360.